The Morgan fingerprint density at radius 3 is 2.48 bits per heavy atom. The van der Waals surface area contributed by atoms with Gasteiger partial charge in [-0.25, -0.2) is 4.98 Å². The fraction of sp³-hybridized carbons (Fsp3) is 0.500. The maximum Gasteiger partial charge on any atom is 0.416 e. The molecule has 0 atom stereocenters. The van der Waals surface area contributed by atoms with Crippen LogP contribution >= 0.6 is 0 Å². The number of carbonyl (C=O) groups is 1. The first-order valence-corrected chi connectivity index (χ1v) is 10.3. The van der Waals surface area contributed by atoms with Gasteiger partial charge in [-0.15, -0.1) is 0 Å². The van der Waals surface area contributed by atoms with Crippen LogP contribution in [0, 0.1) is 12.8 Å². The molecule has 9 heteroatoms. The van der Waals surface area contributed by atoms with Crippen molar-refractivity contribution in [3.63, 3.8) is 0 Å². The molecule has 1 aliphatic carbocycles. The smallest absolute Gasteiger partial charge is 0.363 e. The molecule has 0 saturated heterocycles. The lowest BCUT2D eigenvalue weighted by Gasteiger charge is -2.28. The summed E-state index contributed by atoms with van der Waals surface area (Å²) >= 11 is 0. The van der Waals surface area contributed by atoms with E-state index >= 15 is 0 Å². The molecule has 2 N–H and O–H groups in total. The Morgan fingerprint density at radius 2 is 1.84 bits per heavy atom. The molecule has 3 rings (SSSR count). The average Bonchev–Trinajstić information content (AvgIpc) is 2.71. The van der Waals surface area contributed by atoms with E-state index in [1.807, 2.05) is 32.0 Å². The van der Waals surface area contributed by atoms with Gasteiger partial charge in [-0.3, -0.25) is 4.79 Å². The van der Waals surface area contributed by atoms with Crippen LogP contribution in [0.3, 0.4) is 0 Å². The Kier molecular flexibility index (Phi) is 7.02. The number of aryl methyl sites for hydroxylation is 1. The monoisotopic (exact) mass is 435 g/mol. The van der Waals surface area contributed by atoms with Crippen LogP contribution in [0.15, 0.2) is 30.3 Å². The average molecular weight is 435 g/mol. The van der Waals surface area contributed by atoms with Crippen LogP contribution < -0.4 is 15.5 Å². The third-order valence-electron chi connectivity index (χ3n) is 5.45. The maximum atomic E-state index is 12.8. The molecule has 0 aliphatic heterocycles. The lowest BCUT2D eigenvalue weighted by molar-refractivity contribution is -0.137. The molecule has 1 fully saturated rings. The number of amides is 1. The molecule has 2 aromatic rings. The zero-order chi connectivity index (χ0) is 22.6. The number of nitrogens with one attached hydrogen (secondary N) is 2. The van der Waals surface area contributed by atoms with Crippen molar-refractivity contribution in [1.29, 1.82) is 0 Å². The van der Waals surface area contributed by atoms with E-state index in [0.717, 1.165) is 36.5 Å². The van der Waals surface area contributed by atoms with Gasteiger partial charge in [0.05, 0.1) is 5.56 Å². The fourth-order valence-electron chi connectivity index (χ4n) is 3.72. The van der Waals surface area contributed by atoms with Crippen molar-refractivity contribution < 1.29 is 18.0 Å². The summed E-state index contributed by atoms with van der Waals surface area (Å²) in [5.74, 6) is 1.16. The van der Waals surface area contributed by atoms with Gasteiger partial charge >= 0.3 is 6.18 Å². The van der Waals surface area contributed by atoms with Gasteiger partial charge in [0.1, 0.15) is 5.82 Å². The fourth-order valence-corrected chi connectivity index (χ4v) is 3.72. The van der Waals surface area contributed by atoms with Gasteiger partial charge in [0.15, 0.2) is 0 Å². The molecule has 0 unspecified atom stereocenters. The molecule has 168 valence electrons. The van der Waals surface area contributed by atoms with E-state index in [-0.39, 0.29) is 24.4 Å². The van der Waals surface area contributed by atoms with Crippen molar-refractivity contribution in [1.82, 2.24) is 15.3 Å². The molecular weight excluding hydrogens is 407 g/mol. The first-order chi connectivity index (χ1) is 14.6. The lowest BCUT2D eigenvalue weighted by atomic mass is 9.85. The summed E-state index contributed by atoms with van der Waals surface area (Å²) in [6.07, 6.45) is -1.37. The van der Waals surface area contributed by atoms with Gasteiger partial charge < -0.3 is 15.5 Å². The van der Waals surface area contributed by atoms with E-state index in [2.05, 4.69) is 20.6 Å². The minimum absolute atomic E-state index is 0.0887. The molecule has 0 radical (unpaired) electrons. The summed E-state index contributed by atoms with van der Waals surface area (Å²) in [4.78, 5) is 23.4. The van der Waals surface area contributed by atoms with Crippen LogP contribution in [-0.2, 0) is 17.5 Å². The van der Waals surface area contributed by atoms with Crippen LogP contribution in [0.1, 0.15) is 42.5 Å². The number of nitrogens with zero attached hydrogens (tertiary/aromatic N) is 3. The molecule has 1 aromatic carbocycles. The lowest BCUT2D eigenvalue weighted by Crippen LogP contribution is -2.36. The minimum Gasteiger partial charge on any atom is -0.363 e. The van der Waals surface area contributed by atoms with Gasteiger partial charge in [0.25, 0.3) is 0 Å². The second-order valence-corrected chi connectivity index (χ2v) is 8.19. The zero-order valence-electron chi connectivity index (χ0n) is 18.0. The summed E-state index contributed by atoms with van der Waals surface area (Å²) in [5.41, 5.74) is 0.609. The maximum absolute atomic E-state index is 12.8. The van der Waals surface area contributed by atoms with E-state index in [1.54, 1.807) is 6.07 Å². The van der Waals surface area contributed by atoms with Crippen molar-refractivity contribution in [2.75, 3.05) is 24.3 Å². The molecule has 0 spiro atoms. The topological polar surface area (TPSA) is 70.2 Å². The Morgan fingerprint density at radius 1 is 1.13 bits per heavy atom. The highest BCUT2D eigenvalue weighted by atomic mass is 19.4. The number of rotatable bonds is 6. The zero-order valence-corrected chi connectivity index (χ0v) is 18.0. The largest absolute Gasteiger partial charge is 0.416 e. The second kappa shape index (κ2) is 9.53. The van der Waals surface area contributed by atoms with E-state index in [0.29, 0.717) is 24.4 Å². The number of aromatic nitrogens is 2. The first kappa shape index (κ1) is 22.8. The van der Waals surface area contributed by atoms with Crippen molar-refractivity contribution in [3.05, 3.63) is 47.2 Å². The normalized spacial score (nSPS) is 19.0. The van der Waals surface area contributed by atoms with E-state index < -0.39 is 11.7 Å². The highest BCUT2D eigenvalue weighted by molar-refractivity contribution is 5.78. The number of benzene rings is 1. The number of hydrogen-bond acceptors (Lipinski definition) is 5. The third kappa shape index (κ3) is 6.32. The minimum atomic E-state index is -4.39. The van der Waals surface area contributed by atoms with Crippen LogP contribution in [-0.4, -0.2) is 36.0 Å². The van der Waals surface area contributed by atoms with Gasteiger partial charge in [-0.05, 0) is 50.3 Å². The molecule has 1 aliphatic rings. The van der Waals surface area contributed by atoms with Crippen LogP contribution in [0.2, 0.25) is 0 Å². The van der Waals surface area contributed by atoms with Crippen molar-refractivity contribution >= 4 is 17.7 Å². The number of alkyl halides is 3. The van der Waals surface area contributed by atoms with Gasteiger partial charge in [0.2, 0.25) is 11.9 Å². The second-order valence-electron chi connectivity index (χ2n) is 8.19. The Bertz CT molecular complexity index is 908. The highest BCUT2D eigenvalue weighted by Gasteiger charge is 2.30. The molecule has 0 bridgehead atoms. The quantitative estimate of drug-likeness (QED) is 0.713. The van der Waals surface area contributed by atoms with Crippen molar-refractivity contribution in [2.45, 2.75) is 51.4 Å². The van der Waals surface area contributed by atoms with Crippen LogP contribution in [0.25, 0.3) is 0 Å². The van der Waals surface area contributed by atoms with E-state index in [4.69, 9.17) is 0 Å². The number of hydrogen-bond donors (Lipinski definition) is 2. The van der Waals surface area contributed by atoms with Gasteiger partial charge in [0, 0.05) is 44.4 Å². The summed E-state index contributed by atoms with van der Waals surface area (Å²) in [6.45, 7) is 2.01. The van der Waals surface area contributed by atoms with Gasteiger partial charge in [-0.2, -0.15) is 18.2 Å². The van der Waals surface area contributed by atoms with Gasteiger partial charge in [-0.1, -0.05) is 12.1 Å². The predicted molar refractivity (Wildman–Crippen MR) is 114 cm³/mol. The Labute approximate surface area is 180 Å². The van der Waals surface area contributed by atoms with E-state index in [9.17, 15) is 18.0 Å². The molecule has 1 heterocycles. The summed E-state index contributed by atoms with van der Waals surface area (Å²) in [5, 5.41) is 6.15. The molecule has 1 aromatic heterocycles. The summed E-state index contributed by atoms with van der Waals surface area (Å²) < 4.78 is 38.5. The molecule has 6 nitrogen and oxygen atoms in total. The standard InChI is InChI=1S/C22H28F3N5O/c1-14-11-19(30(2)3)29-21(27-14)28-18-9-7-16(8-10-18)20(31)26-13-15-5-4-6-17(12-15)22(23,24)25/h4-6,11-12,16,18H,7-10,13H2,1-3H3,(H,26,31)(H,27,28,29)/t16-,18+. The van der Waals surface area contributed by atoms with Crippen LogP contribution in [0.5, 0.6) is 0 Å². The predicted octanol–water partition coefficient (Wildman–Crippen LogP) is 4.16. The van der Waals surface area contributed by atoms with Crippen molar-refractivity contribution in [2.24, 2.45) is 5.92 Å². The summed E-state index contributed by atoms with van der Waals surface area (Å²) in [6, 6.07) is 7.14. The van der Waals surface area contributed by atoms with E-state index in [1.165, 1.54) is 6.07 Å². The molecule has 1 amide bonds. The molecule has 1 saturated carbocycles. The number of halogens is 3. The number of carbonyl (C=O) groups excluding carboxylic acids is 1. The third-order valence-corrected chi connectivity index (χ3v) is 5.45. The molecule has 31 heavy (non-hydrogen) atoms. The van der Waals surface area contributed by atoms with Crippen molar-refractivity contribution in [3.8, 4) is 0 Å². The Hall–Kier alpha value is -2.84. The molecular formula is C22H28F3N5O. The SMILES string of the molecule is Cc1cc(N(C)C)nc(N[C@H]2CC[C@@H](C(=O)NCc3cccc(C(F)(F)F)c3)CC2)n1. The van der Waals surface area contributed by atoms with Crippen LogP contribution in [0.4, 0.5) is 24.9 Å². The first-order valence-electron chi connectivity index (χ1n) is 10.3. The number of anilines is 2. The highest BCUT2D eigenvalue weighted by Crippen LogP contribution is 2.30. The Balaban J connectivity index is 1.49. The summed E-state index contributed by atoms with van der Waals surface area (Å²) in [7, 11) is 3.85.